The smallest absolute Gasteiger partial charge is 0.124 e. The van der Waals surface area contributed by atoms with Crippen molar-refractivity contribution in [2.24, 2.45) is 5.73 Å². The van der Waals surface area contributed by atoms with Crippen LogP contribution in [0, 0.1) is 11.3 Å². The summed E-state index contributed by atoms with van der Waals surface area (Å²) in [5, 5.41) is 8.58. The predicted molar refractivity (Wildman–Crippen MR) is 52.8 cm³/mol. The van der Waals surface area contributed by atoms with Gasteiger partial charge in [-0.3, -0.25) is 0 Å². The molecule has 0 unspecified atom stereocenters. The largest absolute Gasteiger partial charge is 0.493 e. The summed E-state index contributed by atoms with van der Waals surface area (Å²) in [7, 11) is 0. The Hall–Kier alpha value is -1.53. The molecule has 72 valence electrons. The molecule has 1 atom stereocenters. The molecule has 0 saturated carbocycles. The van der Waals surface area contributed by atoms with Crippen LogP contribution >= 0.6 is 0 Å². The maximum absolute atomic E-state index is 8.58. The maximum atomic E-state index is 8.58. The molecule has 2 rings (SSSR count). The van der Waals surface area contributed by atoms with Gasteiger partial charge in [0.1, 0.15) is 5.75 Å². The van der Waals surface area contributed by atoms with Crippen molar-refractivity contribution in [3.63, 3.8) is 0 Å². The predicted octanol–water partition coefficient (Wildman–Crippen LogP) is 1.53. The molecule has 0 spiro atoms. The van der Waals surface area contributed by atoms with Crippen molar-refractivity contribution in [2.75, 3.05) is 6.61 Å². The van der Waals surface area contributed by atoms with Gasteiger partial charge < -0.3 is 10.5 Å². The number of rotatable bonds is 1. The third-order valence-corrected chi connectivity index (χ3v) is 2.44. The topological polar surface area (TPSA) is 59.0 Å². The lowest BCUT2D eigenvalue weighted by atomic mass is 9.98. The van der Waals surface area contributed by atoms with Crippen molar-refractivity contribution in [3.05, 3.63) is 29.3 Å². The molecular weight excluding hydrogens is 176 g/mol. The number of fused-ring (bicyclic) bond motifs is 1. The van der Waals surface area contributed by atoms with E-state index in [1.165, 1.54) is 0 Å². The van der Waals surface area contributed by atoms with Crippen molar-refractivity contribution >= 4 is 0 Å². The molecule has 1 aliphatic heterocycles. The molecule has 1 aliphatic rings. The van der Waals surface area contributed by atoms with Crippen molar-refractivity contribution in [2.45, 2.75) is 18.9 Å². The Morgan fingerprint density at radius 1 is 1.57 bits per heavy atom. The maximum Gasteiger partial charge on any atom is 0.124 e. The highest BCUT2D eigenvalue weighted by Crippen LogP contribution is 2.31. The quantitative estimate of drug-likeness (QED) is 0.727. The van der Waals surface area contributed by atoms with Crippen LogP contribution in [0.25, 0.3) is 0 Å². The number of hydrogen-bond donors (Lipinski definition) is 1. The Balaban J connectivity index is 2.37. The van der Waals surface area contributed by atoms with Crippen molar-refractivity contribution in [1.29, 1.82) is 5.26 Å². The summed E-state index contributed by atoms with van der Waals surface area (Å²) in [6.07, 6.45) is 1.28. The van der Waals surface area contributed by atoms with E-state index < -0.39 is 0 Å². The number of benzene rings is 1. The zero-order valence-electron chi connectivity index (χ0n) is 7.86. The monoisotopic (exact) mass is 188 g/mol. The molecule has 0 amide bonds. The molecule has 0 radical (unpaired) electrons. The fourth-order valence-electron chi connectivity index (χ4n) is 1.67. The minimum absolute atomic E-state index is 0.0531. The van der Waals surface area contributed by atoms with Gasteiger partial charge in [0.2, 0.25) is 0 Å². The zero-order valence-corrected chi connectivity index (χ0v) is 7.86. The summed E-state index contributed by atoms with van der Waals surface area (Å²) in [4.78, 5) is 0. The highest BCUT2D eigenvalue weighted by Gasteiger charge is 2.17. The van der Waals surface area contributed by atoms with Crippen molar-refractivity contribution < 1.29 is 4.74 Å². The van der Waals surface area contributed by atoms with E-state index in [4.69, 9.17) is 15.7 Å². The van der Waals surface area contributed by atoms with E-state index in [1.54, 1.807) is 0 Å². The second-order valence-corrected chi connectivity index (χ2v) is 3.45. The van der Waals surface area contributed by atoms with E-state index in [1.807, 2.05) is 18.2 Å². The minimum Gasteiger partial charge on any atom is -0.493 e. The Kier molecular flexibility index (Phi) is 2.38. The van der Waals surface area contributed by atoms with E-state index >= 15 is 0 Å². The van der Waals surface area contributed by atoms with Gasteiger partial charge in [-0.05, 0) is 17.7 Å². The molecule has 0 saturated heterocycles. The zero-order chi connectivity index (χ0) is 9.97. The number of hydrogen-bond acceptors (Lipinski definition) is 3. The van der Waals surface area contributed by atoms with Gasteiger partial charge >= 0.3 is 0 Å². The third kappa shape index (κ3) is 1.57. The van der Waals surface area contributed by atoms with E-state index in [0.717, 1.165) is 23.3 Å². The first-order chi connectivity index (χ1) is 6.81. The summed E-state index contributed by atoms with van der Waals surface area (Å²) >= 11 is 0. The van der Waals surface area contributed by atoms with Gasteiger partial charge in [0, 0.05) is 18.0 Å². The summed E-state index contributed by atoms with van der Waals surface area (Å²) in [6.45, 7) is 0.686. The van der Waals surface area contributed by atoms with Gasteiger partial charge in [0.25, 0.3) is 0 Å². The first-order valence-electron chi connectivity index (χ1n) is 4.69. The van der Waals surface area contributed by atoms with Crippen LogP contribution < -0.4 is 10.5 Å². The summed E-state index contributed by atoms with van der Waals surface area (Å²) in [5.74, 6) is 0.866. The van der Waals surface area contributed by atoms with Gasteiger partial charge in [0.15, 0.2) is 0 Å². The fourth-order valence-corrected chi connectivity index (χ4v) is 1.67. The summed E-state index contributed by atoms with van der Waals surface area (Å²) in [6, 6.07) is 7.97. The van der Waals surface area contributed by atoms with E-state index in [2.05, 4.69) is 6.07 Å². The second-order valence-electron chi connectivity index (χ2n) is 3.45. The van der Waals surface area contributed by atoms with Gasteiger partial charge in [-0.2, -0.15) is 5.26 Å². The molecule has 0 aromatic heterocycles. The average molecular weight is 188 g/mol. The molecule has 0 bridgehead atoms. The van der Waals surface area contributed by atoms with Crippen LogP contribution in [-0.4, -0.2) is 6.61 Å². The van der Waals surface area contributed by atoms with Crippen LogP contribution in [0.15, 0.2) is 18.2 Å². The van der Waals surface area contributed by atoms with Gasteiger partial charge in [-0.1, -0.05) is 6.07 Å². The normalized spacial score (nSPS) is 19.3. The number of ether oxygens (including phenoxy) is 1. The lowest BCUT2D eigenvalue weighted by Gasteiger charge is -2.23. The third-order valence-electron chi connectivity index (χ3n) is 2.44. The van der Waals surface area contributed by atoms with Crippen LogP contribution in [0.2, 0.25) is 0 Å². The first kappa shape index (κ1) is 9.04. The Morgan fingerprint density at radius 2 is 2.43 bits per heavy atom. The van der Waals surface area contributed by atoms with Crippen molar-refractivity contribution in [1.82, 2.24) is 0 Å². The lowest BCUT2D eigenvalue weighted by molar-refractivity contribution is 0.269. The molecule has 14 heavy (non-hydrogen) atoms. The molecule has 0 fully saturated rings. The van der Waals surface area contributed by atoms with Crippen LogP contribution in [0.1, 0.15) is 23.6 Å². The highest BCUT2D eigenvalue weighted by atomic mass is 16.5. The molecular formula is C11H12N2O. The van der Waals surface area contributed by atoms with Crippen LogP contribution in [0.3, 0.4) is 0 Å². The van der Waals surface area contributed by atoms with Gasteiger partial charge in [0.05, 0.1) is 19.1 Å². The molecule has 0 aliphatic carbocycles. The van der Waals surface area contributed by atoms with Gasteiger partial charge in [-0.15, -0.1) is 0 Å². The van der Waals surface area contributed by atoms with Gasteiger partial charge in [-0.25, -0.2) is 0 Å². The molecule has 2 N–H and O–H groups in total. The lowest BCUT2D eigenvalue weighted by Crippen LogP contribution is -2.20. The summed E-state index contributed by atoms with van der Waals surface area (Å²) in [5.41, 5.74) is 7.99. The Bertz CT molecular complexity index is 381. The molecule has 1 heterocycles. The number of nitrogens with zero attached hydrogens (tertiary/aromatic N) is 1. The van der Waals surface area contributed by atoms with Crippen molar-refractivity contribution in [3.8, 4) is 11.8 Å². The van der Waals surface area contributed by atoms with Crippen LogP contribution in [-0.2, 0) is 6.42 Å². The molecule has 3 heteroatoms. The number of nitriles is 1. The molecule has 3 nitrogen and oxygen atoms in total. The van der Waals surface area contributed by atoms with E-state index in [0.29, 0.717) is 13.0 Å². The number of nitrogens with two attached hydrogens (primary N) is 1. The van der Waals surface area contributed by atoms with Crippen LogP contribution in [0.4, 0.5) is 0 Å². The molecule has 1 aromatic rings. The SMILES string of the molecule is N#CCc1ccc2c(c1)[C@@H](N)CCO2. The summed E-state index contributed by atoms with van der Waals surface area (Å²) < 4.78 is 5.46. The second kappa shape index (κ2) is 3.69. The first-order valence-corrected chi connectivity index (χ1v) is 4.69. The Labute approximate surface area is 83.1 Å². The van der Waals surface area contributed by atoms with Crippen LogP contribution in [0.5, 0.6) is 5.75 Å². The highest BCUT2D eigenvalue weighted by molar-refractivity contribution is 5.41. The van der Waals surface area contributed by atoms with E-state index in [9.17, 15) is 0 Å². The Morgan fingerprint density at radius 3 is 3.21 bits per heavy atom. The minimum atomic E-state index is 0.0531. The molecule has 1 aromatic carbocycles. The standard InChI is InChI=1S/C11H12N2O/c12-5-3-8-1-2-11-9(7-8)10(13)4-6-14-11/h1-2,7,10H,3-4,6,13H2/t10-/m0/s1. The fraction of sp³-hybridized carbons (Fsp3) is 0.364. The van der Waals surface area contributed by atoms with E-state index in [-0.39, 0.29) is 6.04 Å². The average Bonchev–Trinajstić information content (AvgIpc) is 2.20.